The number of hydrogen-bond donors (Lipinski definition) is 1. The molecular weight excluding hydrogens is 289 g/mol. The second-order valence-corrected chi connectivity index (χ2v) is 5.65. The van der Waals surface area contributed by atoms with Crippen molar-refractivity contribution < 1.29 is 4.39 Å². The third kappa shape index (κ3) is 2.84. The number of hydrogen-bond acceptors (Lipinski definition) is 2. The van der Waals surface area contributed by atoms with Crippen LogP contribution >= 0.6 is 0 Å². The van der Waals surface area contributed by atoms with Crippen LogP contribution in [0.3, 0.4) is 0 Å². The average Bonchev–Trinajstić information content (AvgIpc) is 2.79. The smallest absolute Gasteiger partial charge is 0.150 e. The van der Waals surface area contributed by atoms with Gasteiger partial charge in [-0.1, -0.05) is 18.2 Å². The van der Waals surface area contributed by atoms with E-state index in [4.69, 9.17) is 0 Å². The van der Waals surface area contributed by atoms with Gasteiger partial charge in [0, 0.05) is 30.4 Å². The molecule has 0 spiro atoms. The van der Waals surface area contributed by atoms with Crippen molar-refractivity contribution in [1.82, 2.24) is 9.55 Å². The fraction of sp³-hybridized carbons (Fsp3) is 0.211. The van der Waals surface area contributed by atoms with Crippen molar-refractivity contribution in [3.8, 4) is 0 Å². The predicted octanol–water partition coefficient (Wildman–Crippen LogP) is 4.59. The molecule has 0 bridgehead atoms. The van der Waals surface area contributed by atoms with Crippen molar-refractivity contribution in [2.24, 2.45) is 0 Å². The van der Waals surface area contributed by atoms with E-state index in [1.54, 1.807) is 12.3 Å². The summed E-state index contributed by atoms with van der Waals surface area (Å²) in [4.78, 5) is 4.48. The van der Waals surface area contributed by atoms with Crippen LogP contribution in [0.2, 0.25) is 0 Å². The summed E-state index contributed by atoms with van der Waals surface area (Å²) >= 11 is 0. The number of nitrogens with zero attached hydrogens (tertiary/aromatic N) is 2. The van der Waals surface area contributed by atoms with E-state index in [9.17, 15) is 4.39 Å². The lowest BCUT2D eigenvalue weighted by Crippen LogP contribution is -2.05. The predicted molar refractivity (Wildman–Crippen MR) is 93.1 cm³/mol. The summed E-state index contributed by atoms with van der Waals surface area (Å²) < 4.78 is 15.5. The van der Waals surface area contributed by atoms with Gasteiger partial charge in [-0.25, -0.2) is 9.37 Å². The summed E-state index contributed by atoms with van der Waals surface area (Å²) in [5.41, 5.74) is 4.41. The maximum atomic E-state index is 13.3. The van der Waals surface area contributed by atoms with Gasteiger partial charge in [0.05, 0.1) is 5.52 Å². The topological polar surface area (TPSA) is 29.9 Å². The summed E-state index contributed by atoms with van der Waals surface area (Å²) in [5, 5.41) is 4.52. The quantitative estimate of drug-likeness (QED) is 0.699. The highest BCUT2D eigenvalue weighted by Gasteiger charge is 2.14. The van der Waals surface area contributed by atoms with Gasteiger partial charge in [-0.15, -0.1) is 6.58 Å². The standard InChI is InChI=1S/C19H20FN3/c1-4-10-23-14(3)13(2)17-8-9-21-19(18(17)23)22-12-15-6-5-7-16(20)11-15/h4-9,11H,1,10,12H2,2-3H3,(H,21,22). The summed E-state index contributed by atoms with van der Waals surface area (Å²) in [5.74, 6) is 0.585. The van der Waals surface area contributed by atoms with Crippen LogP contribution in [0.1, 0.15) is 16.8 Å². The first kappa shape index (κ1) is 15.3. The lowest BCUT2D eigenvalue weighted by molar-refractivity contribution is 0.626. The van der Waals surface area contributed by atoms with Crippen molar-refractivity contribution >= 4 is 16.7 Å². The maximum Gasteiger partial charge on any atom is 0.150 e. The first-order valence-electron chi connectivity index (χ1n) is 7.65. The molecule has 2 aromatic heterocycles. The largest absolute Gasteiger partial charge is 0.364 e. The number of anilines is 1. The first-order valence-corrected chi connectivity index (χ1v) is 7.65. The molecule has 2 heterocycles. The molecule has 0 fully saturated rings. The Hall–Kier alpha value is -2.62. The fourth-order valence-electron chi connectivity index (χ4n) is 2.91. The fourth-order valence-corrected chi connectivity index (χ4v) is 2.91. The SMILES string of the molecule is C=CCn1c(C)c(C)c2ccnc(NCc3cccc(F)c3)c21. The maximum absolute atomic E-state index is 13.3. The van der Waals surface area contributed by atoms with Gasteiger partial charge in [0.25, 0.3) is 0 Å². The van der Waals surface area contributed by atoms with E-state index in [0.717, 1.165) is 23.4 Å². The third-order valence-electron chi connectivity index (χ3n) is 4.21. The number of aryl methyl sites for hydroxylation is 1. The lowest BCUT2D eigenvalue weighted by atomic mass is 10.2. The first-order chi connectivity index (χ1) is 11.1. The normalized spacial score (nSPS) is 10.9. The molecule has 0 radical (unpaired) electrons. The van der Waals surface area contributed by atoms with Crippen molar-refractivity contribution in [1.29, 1.82) is 0 Å². The minimum atomic E-state index is -0.225. The van der Waals surface area contributed by atoms with E-state index in [2.05, 4.69) is 35.3 Å². The third-order valence-corrected chi connectivity index (χ3v) is 4.21. The molecule has 118 valence electrons. The van der Waals surface area contributed by atoms with Crippen LogP contribution < -0.4 is 5.32 Å². The molecule has 1 N–H and O–H groups in total. The Morgan fingerprint density at radius 2 is 2.13 bits per heavy atom. The van der Waals surface area contributed by atoms with Crippen LogP contribution in [-0.4, -0.2) is 9.55 Å². The van der Waals surface area contributed by atoms with Crippen LogP contribution in [0.25, 0.3) is 10.9 Å². The highest BCUT2D eigenvalue weighted by atomic mass is 19.1. The van der Waals surface area contributed by atoms with Gasteiger partial charge in [-0.05, 0) is 43.2 Å². The van der Waals surface area contributed by atoms with Gasteiger partial charge in [-0.2, -0.15) is 0 Å². The van der Waals surface area contributed by atoms with E-state index in [1.807, 2.05) is 18.2 Å². The van der Waals surface area contributed by atoms with Crippen molar-refractivity contribution in [2.45, 2.75) is 26.9 Å². The summed E-state index contributed by atoms with van der Waals surface area (Å²) in [6, 6.07) is 8.63. The van der Waals surface area contributed by atoms with Crippen molar-refractivity contribution in [2.75, 3.05) is 5.32 Å². The number of benzene rings is 1. The molecule has 23 heavy (non-hydrogen) atoms. The van der Waals surface area contributed by atoms with E-state index in [-0.39, 0.29) is 5.82 Å². The molecule has 0 amide bonds. The molecule has 0 aliphatic rings. The van der Waals surface area contributed by atoms with Crippen LogP contribution in [0.4, 0.5) is 10.2 Å². The number of aromatic nitrogens is 2. The summed E-state index contributed by atoms with van der Waals surface area (Å²) in [6.45, 7) is 9.33. The number of pyridine rings is 1. The highest BCUT2D eigenvalue weighted by molar-refractivity contribution is 5.93. The Morgan fingerprint density at radius 1 is 1.30 bits per heavy atom. The molecule has 1 aromatic carbocycles. The van der Waals surface area contributed by atoms with Crippen molar-refractivity contribution in [3.05, 3.63) is 71.8 Å². The zero-order valence-electron chi connectivity index (χ0n) is 13.4. The number of allylic oxidation sites excluding steroid dienone is 1. The summed E-state index contributed by atoms with van der Waals surface area (Å²) in [6.07, 6.45) is 3.69. The Balaban J connectivity index is 2.00. The van der Waals surface area contributed by atoms with Gasteiger partial charge in [0.1, 0.15) is 5.82 Å². The van der Waals surface area contributed by atoms with Gasteiger partial charge in [0.2, 0.25) is 0 Å². The molecule has 0 saturated carbocycles. The van der Waals surface area contributed by atoms with Gasteiger partial charge in [0.15, 0.2) is 5.82 Å². The second-order valence-electron chi connectivity index (χ2n) is 5.65. The molecule has 3 rings (SSSR count). The lowest BCUT2D eigenvalue weighted by Gasteiger charge is -2.11. The Labute approximate surface area is 135 Å². The van der Waals surface area contributed by atoms with Crippen LogP contribution in [0.15, 0.2) is 49.2 Å². The minimum absolute atomic E-state index is 0.225. The van der Waals surface area contributed by atoms with Crippen LogP contribution in [0.5, 0.6) is 0 Å². The van der Waals surface area contributed by atoms with Crippen LogP contribution in [-0.2, 0) is 13.1 Å². The zero-order valence-corrected chi connectivity index (χ0v) is 13.4. The van der Waals surface area contributed by atoms with E-state index < -0.39 is 0 Å². The van der Waals surface area contributed by atoms with E-state index >= 15 is 0 Å². The molecule has 0 aliphatic heterocycles. The molecule has 0 saturated heterocycles. The Morgan fingerprint density at radius 3 is 2.87 bits per heavy atom. The molecule has 0 aliphatic carbocycles. The van der Waals surface area contributed by atoms with Crippen LogP contribution in [0, 0.1) is 19.7 Å². The number of halogens is 1. The van der Waals surface area contributed by atoms with E-state index in [1.165, 1.54) is 28.8 Å². The molecule has 4 heteroatoms. The minimum Gasteiger partial charge on any atom is -0.364 e. The van der Waals surface area contributed by atoms with E-state index in [0.29, 0.717) is 6.54 Å². The number of rotatable bonds is 5. The average molecular weight is 309 g/mol. The number of fused-ring (bicyclic) bond motifs is 1. The monoisotopic (exact) mass is 309 g/mol. The van der Waals surface area contributed by atoms with Gasteiger partial charge < -0.3 is 9.88 Å². The molecule has 3 nitrogen and oxygen atoms in total. The summed E-state index contributed by atoms with van der Waals surface area (Å²) in [7, 11) is 0. The van der Waals surface area contributed by atoms with Gasteiger partial charge >= 0.3 is 0 Å². The number of nitrogens with one attached hydrogen (secondary N) is 1. The highest BCUT2D eigenvalue weighted by Crippen LogP contribution is 2.29. The Bertz CT molecular complexity index is 864. The molecule has 3 aromatic rings. The van der Waals surface area contributed by atoms with Crippen molar-refractivity contribution in [3.63, 3.8) is 0 Å². The second kappa shape index (κ2) is 6.24. The molecule has 0 unspecified atom stereocenters. The molecule has 0 atom stereocenters. The Kier molecular flexibility index (Phi) is 4.15. The molecular formula is C19H20FN3. The zero-order chi connectivity index (χ0) is 16.4. The van der Waals surface area contributed by atoms with Gasteiger partial charge in [-0.3, -0.25) is 0 Å².